The first-order valence-corrected chi connectivity index (χ1v) is 10.7. The summed E-state index contributed by atoms with van der Waals surface area (Å²) in [6, 6.07) is 5.51. The third-order valence-corrected chi connectivity index (χ3v) is 6.23. The molecule has 0 bridgehead atoms. The van der Waals surface area contributed by atoms with Gasteiger partial charge in [0.2, 0.25) is 0 Å². The lowest BCUT2D eigenvalue weighted by Gasteiger charge is -2.36. The summed E-state index contributed by atoms with van der Waals surface area (Å²) >= 11 is 0. The highest BCUT2D eigenvalue weighted by atomic mass is 19.4. The topological polar surface area (TPSA) is 36.7 Å². The lowest BCUT2D eigenvalue weighted by atomic mass is 10.1. The van der Waals surface area contributed by atoms with Crippen LogP contribution in [0.25, 0.3) is 5.65 Å². The summed E-state index contributed by atoms with van der Waals surface area (Å²) in [6.07, 6.45) is -0.157. The Morgan fingerprint density at radius 2 is 1.72 bits per heavy atom. The van der Waals surface area contributed by atoms with E-state index in [0.29, 0.717) is 44.3 Å². The molecule has 0 unspecified atom stereocenters. The van der Waals surface area contributed by atoms with Gasteiger partial charge >= 0.3 is 6.18 Å². The van der Waals surface area contributed by atoms with Crippen LogP contribution < -0.4 is 4.90 Å². The average Bonchev–Trinajstić information content (AvgIpc) is 3.48. The molecule has 2 aromatic heterocycles. The number of fused-ring (bicyclic) bond motifs is 1. The van der Waals surface area contributed by atoms with Crippen LogP contribution >= 0.6 is 0 Å². The number of halogens is 5. The Hall–Kier alpha value is -2.75. The van der Waals surface area contributed by atoms with E-state index in [2.05, 4.69) is 10.2 Å². The lowest BCUT2D eigenvalue weighted by molar-refractivity contribution is -0.137. The molecule has 10 heteroatoms. The number of rotatable bonds is 5. The van der Waals surface area contributed by atoms with Gasteiger partial charge in [-0.3, -0.25) is 9.30 Å². The normalized spacial score (nSPS) is 18.0. The SMILES string of the molecule is Fc1cccc(N2CCN(Cc3ccn4c(CC5CC5)nnc4c3C(F)(F)F)CC2)c1F. The van der Waals surface area contributed by atoms with Crippen molar-refractivity contribution >= 4 is 11.3 Å². The van der Waals surface area contributed by atoms with Gasteiger partial charge in [0.25, 0.3) is 0 Å². The zero-order valence-corrected chi connectivity index (χ0v) is 17.2. The van der Waals surface area contributed by atoms with Crippen LogP contribution in [0.5, 0.6) is 0 Å². The maximum absolute atomic E-state index is 14.1. The second-order valence-electron chi connectivity index (χ2n) is 8.51. The summed E-state index contributed by atoms with van der Waals surface area (Å²) in [4.78, 5) is 3.60. The molecule has 1 aromatic carbocycles. The Balaban J connectivity index is 1.35. The van der Waals surface area contributed by atoms with E-state index in [1.165, 1.54) is 22.6 Å². The first kappa shape index (κ1) is 21.1. The van der Waals surface area contributed by atoms with Crippen LogP contribution in [-0.4, -0.2) is 45.7 Å². The molecule has 5 rings (SSSR count). The number of piperazine rings is 1. The summed E-state index contributed by atoms with van der Waals surface area (Å²) in [6.45, 7) is 1.73. The molecule has 0 N–H and O–H groups in total. The van der Waals surface area contributed by atoms with E-state index in [4.69, 9.17) is 0 Å². The number of nitrogens with zero attached hydrogens (tertiary/aromatic N) is 5. The van der Waals surface area contributed by atoms with Crippen LogP contribution in [0, 0.1) is 17.6 Å². The maximum Gasteiger partial charge on any atom is 0.420 e. The molecule has 0 atom stereocenters. The smallest absolute Gasteiger partial charge is 0.367 e. The second-order valence-corrected chi connectivity index (χ2v) is 8.51. The van der Waals surface area contributed by atoms with Gasteiger partial charge in [0.15, 0.2) is 17.3 Å². The molecule has 0 amide bonds. The van der Waals surface area contributed by atoms with Crippen LogP contribution in [0.3, 0.4) is 0 Å². The maximum atomic E-state index is 14.1. The summed E-state index contributed by atoms with van der Waals surface area (Å²) in [7, 11) is 0. The minimum atomic E-state index is -4.56. The molecule has 2 aliphatic rings. The Kier molecular flexibility index (Phi) is 5.27. The highest BCUT2D eigenvalue weighted by Crippen LogP contribution is 2.37. The monoisotopic (exact) mass is 451 g/mol. The molecule has 1 saturated carbocycles. The minimum Gasteiger partial charge on any atom is -0.367 e. The molecule has 1 aliphatic carbocycles. The first-order valence-electron chi connectivity index (χ1n) is 10.7. The molecular formula is C22H22F5N5. The summed E-state index contributed by atoms with van der Waals surface area (Å²) in [5.74, 6) is -0.775. The molecule has 170 valence electrons. The van der Waals surface area contributed by atoms with Gasteiger partial charge in [0.1, 0.15) is 11.4 Å². The van der Waals surface area contributed by atoms with Crippen molar-refractivity contribution in [2.75, 3.05) is 31.1 Å². The van der Waals surface area contributed by atoms with Crippen molar-refractivity contribution in [3.05, 3.63) is 59.0 Å². The van der Waals surface area contributed by atoms with Gasteiger partial charge in [-0.25, -0.2) is 8.78 Å². The number of aromatic nitrogens is 3. The van der Waals surface area contributed by atoms with Crippen molar-refractivity contribution in [2.45, 2.75) is 32.0 Å². The Morgan fingerprint density at radius 1 is 0.969 bits per heavy atom. The van der Waals surface area contributed by atoms with Crippen LogP contribution in [0.4, 0.5) is 27.6 Å². The predicted molar refractivity (Wildman–Crippen MR) is 108 cm³/mol. The van der Waals surface area contributed by atoms with Gasteiger partial charge in [-0.1, -0.05) is 6.07 Å². The summed E-state index contributed by atoms with van der Waals surface area (Å²) in [5, 5.41) is 7.90. The van der Waals surface area contributed by atoms with Crippen LogP contribution in [-0.2, 0) is 19.1 Å². The van der Waals surface area contributed by atoms with Crippen LogP contribution in [0.15, 0.2) is 30.5 Å². The van der Waals surface area contributed by atoms with Gasteiger partial charge in [-0.2, -0.15) is 13.2 Å². The zero-order chi connectivity index (χ0) is 22.5. The molecule has 0 spiro atoms. The first-order chi connectivity index (χ1) is 15.3. The number of alkyl halides is 3. The van der Waals surface area contributed by atoms with E-state index >= 15 is 0 Å². The fraction of sp³-hybridized carbons (Fsp3) is 0.455. The third kappa shape index (κ3) is 4.03. The molecule has 2 fully saturated rings. The van der Waals surface area contributed by atoms with Crippen LogP contribution in [0.1, 0.15) is 29.8 Å². The van der Waals surface area contributed by atoms with E-state index in [-0.39, 0.29) is 23.4 Å². The largest absolute Gasteiger partial charge is 0.420 e. The van der Waals surface area contributed by atoms with Crippen molar-refractivity contribution in [3.63, 3.8) is 0 Å². The minimum absolute atomic E-state index is 0.0929. The van der Waals surface area contributed by atoms with E-state index < -0.39 is 23.4 Å². The fourth-order valence-electron chi connectivity index (χ4n) is 4.33. The van der Waals surface area contributed by atoms with Gasteiger partial charge in [0, 0.05) is 45.3 Å². The fourth-order valence-corrected chi connectivity index (χ4v) is 4.33. The van der Waals surface area contributed by atoms with Crippen LogP contribution in [0.2, 0.25) is 0 Å². The average molecular weight is 451 g/mol. The van der Waals surface area contributed by atoms with Crippen molar-refractivity contribution < 1.29 is 22.0 Å². The van der Waals surface area contributed by atoms with Crippen molar-refractivity contribution in [1.29, 1.82) is 0 Å². The standard InChI is InChI=1S/C22H22F5N5/c23-16-2-1-3-17(20(16)24)31-10-8-30(9-11-31)13-15-6-7-32-18(12-14-4-5-14)28-29-21(32)19(15)22(25,26)27/h1-3,6-7,14H,4-5,8-13H2. The molecule has 0 radical (unpaired) electrons. The third-order valence-electron chi connectivity index (χ3n) is 6.23. The van der Waals surface area contributed by atoms with E-state index in [0.717, 1.165) is 18.9 Å². The second kappa shape index (κ2) is 7.99. The lowest BCUT2D eigenvalue weighted by Crippen LogP contribution is -2.46. The molecule has 3 heterocycles. The highest BCUT2D eigenvalue weighted by Gasteiger charge is 2.38. The number of pyridine rings is 1. The molecule has 1 saturated heterocycles. The Morgan fingerprint density at radius 3 is 2.41 bits per heavy atom. The van der Waals surface area contributed by atoms with E-state index in [1.54, 1.807) is 11.1 Å². The van der Waals surface area contributed by atoms with Gasteiger partial charge in [0.05, 0.1) is 5.69 Å². The van der Waals surface area contributed by atoms with Crippen molar-refractivity contribution in [3.8, 4) is 0 Å². The number of benzene rings is 1. The molecule has 32 heavy (non-hydrogen) atoms. The van der Waals surface area contributed by atoms with Gasteiger partial charge in [-0.05, 0) is 42.5 Å². The summed E-state index contributed by atoms with van der Waals surface area (Å²) < 4.78 is 71.0. The number of anilines is 1. The van der Waals surface area contributed by atoms with Gasteiger partial charge < -0.3 is 4.90 Å². The van der Waals surface area contributed by atoms with Crippen molar-refractivity contribution in [1.82, 2.24) is 19.5 Å². The predicted octanol–water partition coefficient (Wildman–Crippen LogP) is 4.30. The van der Waals surface area contributed by atoms with Gasteiger partial charge in [-0.15, -0.1) is 10.2 Å². The quantitative estimate of drug-likeness (QED) is 0.542. The Labute approximate surface area is 181 Å². The summed E-state index contributed by atoms with van der Waals surface area (Å²) in [5.41, 5.74) is -0.603. The van der Waals surface area contributed by atoms with E-state index in [1.807, 2.05) is 4.90 Å². The molecule has 5 nitrogen and oxygen atoms in total. The number of hydrogen-bond acceptors (Lipinski definition) is 4. The Bertz CT molecular complexity index is 1130. The van der Waals surface area contributed by atoms with Crippen molar-refractivity contribution in [2.24, 2.45) is 5.92 Å². The number of hydrogen-bond donors (Lipinski definition) is 0. The van der Waals surface area contributed by atoms with E-state index in [9.17, 15) is 22.0 Å². The zero-order valence-electron chi connectivity index (χ0n) is 17.2. The molecular weight excluding hydrogens is 429 g/mol. The molecule has 3 aromatic rings. The molecule has 1 aliphatic heterocycles. The highest BCUT2D eigenvalue weighted by molar-refractivity contribution is 5.54.